The van der Waals surface area contributed by atoms with Gasteiger partial charge in [0.1, 0.15) is 4.51 Å². The second-order valence-electron chi connectivity index (χ2n) is 2.46. The molecule has 0 unspecified atom stereocenters. The molecule has 0 fully saturated rings. The van der Waals surface area contributed by atoms with Crippen molar-refractivity contribution >= 4 is 31.9 Å². The molecule has 1 aromatic rings. The molecule has 0 aromatic heterocycles. The monoisotopic (exact) mass is 278 g/mol. The van der Waals surface area contributed by atoms with Gasteiger partial charge in [0.25, 0.3) is 0 Å². The minimum atomic E-state index is -0.923. The summed E-state index contributed by atoms with van der Waals surface area (Å²) in [6.45, 7) is 1.69. The molecule has 0 amide bonds. The first-order chi connectivity index (χ1) is 5.00. The maximum Gasteiger partial charge on any atom is 0.142 e. The number of hydrogen-bond donors (Lipinski definition) is 1. The molecule has 60 valence electrons. The van der Waals surface area contributed by atoms with Crippen molar-refractivity contribution in [2.45, 2.75) is 11.4 Å². The van der Waals surface area contributed by atoms with E-state index in [1.165, 1.54) is 0 Å². The smallest absolute Gasteiger partial charge is 0.142 e. The van der Waals surface area contributed by atoms with Crippen LogP contribution in [0.5, 0.6) is 0 Å². The summed E-state index contributed by atoms with van der Waals surface area (Å²) in [5.41, 5.74) is 0.848. The van der Waals surface area contributed by atoms with Crippen molar-refractivity contribution in [3.05, 3.63) is 34.3 Å². The zero-order valence-electron chi connectivity index (χ0n) is 6.01. The SMILES string of the molecule is C[C@](O)(Br)c1ccc(Br)cc1. The molecule has 0 aliphatic carbocycles. The molecule has 0 aliphatic heterocycles. The van der Waals surface area contributed by atoms with Crippen molar-refractivity contribution in [1.29, 1.82) is 0 Å². The zero-order valence-corrected chi connectivity index (χ0v) is 9.18. The van der Waals surface area contributed by atoms with E-state index in [0.29, 0.717) is 0 Å². The average molecular weight is 280 g/mol. The molecule has 1 nitrogen and oxygen atoms in total. The van der Waals surface area contributed by atoms with E-state index in [4.69, 9.17) is 0 Å². The van der Waals surface area contributed by atoms with Gasteiger partial charge >= 0.3 is 0 Å². The molecular weight excluding hydrogens is 272 g/mol. The van der Waals surface area contributed by atoms with Crippen molar-refractivity contribution in [3.63, 3.8) is 0 Å². The molecule has 1 aromatic carbocycles. The third kappa shape index (κ3) is 2.58. The van der Waals surface area contributed by atoms with E-state index in [0.717, 1.165) is 10.0 Å². The lowest BCUT2D eigenvalue weighted by molar-refractivity contribution is 0.167. The van der Waals surface area contributed by atoms with Crippen LogP contribution in [0.1, 0.15) is 12.5 Å². The molecule has 11 heavy (non-hydrogen) atoms. The molecule has 0 spiro atoms. The van der Waals surface area contributed by atoms with Gasteiger partial charge in [0.05, 0.1) is 0 Å². The molecule has 1 rings (SSSR count). The molecular formula is C8H8Br2O. The maximum absolute atomic E-state index is 9.48. The second-order valence-corrected chi connectivity index (χ2v) is 4.92. The van der Waals surface area contributed by atoms with Gasteiger partial charge in [-0.15, -0.1) is 0 Å². The van der Waals surface area contributed by atoms with Gasteiger partial charge < -0.3 is 5.11 Å². The summed E-state index contributed by atoms with van der Waals surface area (Å²) >= 11 is 6.47. The summed E-state index contributed by atoms with van der Waals surface area (Å²) in [5, 5.41) is 9.48. The van der Waals surface area contributed by atoms with Gasteiger partial charge in [-0.3, -0.25) is 0 Å². The molecule has 0 heterocycles. The fraction of sp³-hybridized carbons (Fsp3) is 0.250. The highest BCUT2D eigenvalue weighted by Crippen LogP contribution is 2.27. The molecule has 0 aliphatic rings. The summed E-state index contributed by atoms with van der Waals surface area (Å²) in [7, 11) is 0. The molecule has 3 heteroatoms. The fourth-order valence-electron chi connectivity index (χ4n) is 0.754. The molecule has 0 bridgehead atoms. The molecule has 1 N–H and O–H groups in total. The predicted molar refractivity (Wildman–Crippen MR) is 52.6 cm³/mol. The Kier molecular flexibility index (Phi) is 2.73. The standard InChI is InChI=1S/C8H8Br2O/c1-8(10,11)6-2-4-7(9)5-3-6/h2-5,11H,1H3/t8-/m1/s1. The Labute approximate surface area is 82.7 Å². The highest BCUT2D eigenvalue weighted by Gasteiger charge is 2.16. The van der Waals surface area contributed by atoms with Gasteiger partial charge in [-0.05, 0) is 40.5 Å². The van der Waals surface area contributed by atoms with Gasteiger partial charge in [0, 0.05) is 4.47 Å². The number of aliphatic hydroxyl groups is 1. The van der Waals surface area contributed by atoms with E-state index in [9.17, 15) is 5.11 Å². The zero-order chi connectivity index (χ0) is 8.48. The highest BCUT2D eigenvalue weighted by molar-refractivity contribution is 9.10. The van der Waals surface area contributed by atoms with Crippen LogP contribution in [-0.4, -0.2) is 5.11 Å². The first kappa shape index (κ1) is 9.23. The minimum Gasteiger partial charge on any atom is -0.375 e. The lowest BCUT2D eigenvalue weighted by Crippen LogP contribution is -2.10. The third-order valence-corrected chi connectivity index (χ3v) is 2.36. The van der Waals surface area contributed by atoms with Crippen molar-refractivity contribution in [3.8, 4) is 0 Å². The normalized spacial score (nSPS) is 16.0. The van der Waals surface area contributed by atoms with Crippen LogP contribution in [0.15, 0.2) is 28.7 Å². The number of alkyl halides is 1. The lowest BCUT2D eigenvalue weighted by Gasteiger charge is -2.14. The first-order valence-electron chi connectivity index (χ1n) is 3.17. The van der Waals surface area contributed by atoms with E-state index in [2.05, 4.69) is 31.9 Å². The third-order valence-electron chi connectivity index (χ3n) is 1.37. The number of hydrogen-bond acceptors (Lipinski definition) is 1. The Balaban J connectivity index is 2.99. The number of benzene rings is 1. The predicted octanol–water partition coefficient (Wildman–Crippen LogP) is 3.01. The van der Waals surface area contributed by atoms with E-state index in [1.807, 2.05) is 24.3 Å². The summed E-state index contributed by atoms with van der Waals surface area (Å²) in [6.07, 6.45) is 0. The van der Waals surface area contributed by atoms with Crippen LogP contribution in [0.25, 0.3) is 0 Å². The summed E-state index contributed by atoms with van der Waals surface area (Å²) < 4.78 is 0.0891. The van der Waals surface area contributed by atoms with Crippen LogP contribution < -0.4 is 0 Å². The number of rotatable bonds is 1. The van der Waals surface area contributed by atoms with Gasteiger partial charge in [-0.2, -0.15) is 0 Å². The van der Waals surface area contributed by atoms with E-state index < -0.39 is 4.51 Å². The number of halogens is 2. The second kappa shape index (κ2) is 3.25. The Morgan fingerprint density at radius 1 is 1.27 bits per heavy atom. The minimum absolute atomic E-state index is 0.848. The van der Waals surface area contributed by atoms with Crippen molar-refractivity contribution in [2.75, 3.05) is 0 Å². The van der Waals surface area contributed by atoms with Crippen LogP contribution in [0.3, 0.4) is 0 Å². The Bertz CT molecular complexity index is 235. The van der Waals surface area contributed by atoms with Crippen LogP contribution >= 0.6 is 31.9 Å². The van der Waals surface area contributed by atoms with Gasteiger partial charge in [0.15, 0.2) is 0 Å². The van der Waals surface area contributed by atoms with E-state index in [-0.39, 0.29) is 0 Å². The van der Waals surface area contributed by atoms with Gasteiger partial charge in [-0.25, -0.2) is 0 Å². The maximum atomic E-state index is 9.48. The Hall–Kier alpha value is 0.140. The van der Waals surface area contributed by atoms with E-state index in [1.54, 1.807) is 6.92 Å². The van der Waals surface area contributed by atoms with Crippen molar-refractivity contribution in [2.24, 2.45) is 0 Å². The average Bonchev–Trinajstić information content (AvgIpc) is 1.86. The van der Waals surface area contributed by atoms with Crippen LogP contribution in [0.4, 0.5) is 0 Å². The van der Waals surface area contributed by atoms with E-state index >= 15 is 0 Å². The topological polar surface area (TPSA) is 20.2 Å². The first-order valence-corrected chi connectivity index (χ1v) is 4.76. The van der Waals surface area contributed by atoms with Crippen LogP contribution in [0, 0.1) is 0 Å². The molecule has 0 saturated heterocycles. The summed E-state index contributed by atoms with van der Waals surface area (Å²) in [4.78, 5) is 0. The van der Waals surface area contributed by atoms with Crippen molar-refractivity contribution in [1.82, 2.24) is 0 Å². The Morgan fingerprint density at radius 2 is 1.73 bits per heavy atom. The Morgan fingerprint density at radius 3 is 2.09 bits per heavy atom. The summed E-state index contributed by atoms with van der Waals surface area (Å²) in [6, 6.07) is 7.51. The molecule has 0 saturated carbocycles. The summed E-state index contributed by atoms with van der Waals surface area (Å²) in [5.74, 6) is 0. The van der Waals surface area contributed by atoms with Gasteiger partial charge in [-0.1, -0.05) is 28.1 Å². The lowest BCUT2D eigenvalue weighted by atomic mass is 10.1. The van der Waals surface area contributed by atoms with Crippen LogP contribution in [-0.2, 0) is 4.51 Å². The van der Waals surface area contributed by atoms with Crippen molar-refractivity contribution < 1.29 is 5.11 Å². The fourth-order valence-corrected chi connectivity index (χ4v) is 1.28. The largest absolute Gasteiger partial charge is 0.375 e. The quantitative estimate of drug-likeness (QED) is 0.784. The molecule has 0 radical (unpaired) electrons. The van der Waals surface area contributed by atoms with Gasteiger partial charge in [0.2, 0.25) is 0 Å². The highest BCUT2D eigenvalue weighted by atomic mass is 79.9. The van der Waals surface area contributed by atoms with Crippen LogP contribution in [0.2, 0.25) is 0 Å². The molecule has 1 atom stereocenters.